The van der Waals surface area contributed by atoms with Gasteiger partial charge in [-0.15, -0.1) is 0 Å². The number of nitrogens with zero attached hydrogens (tertiary/aromatic N) is 2. The molecule has 0 aliphatic carbocycles. The molecular weight excluding hydrogens is 336 g/mol. The smallest absolute Gasteiger partial charge is 0.274 e. The van der Waals surface area contributed by atoms with Crippen LogP contribution in [0, 0.1) is 18.3 Å². The lowest BCUT2D eigenvalue weighted by Crippen LogP contribution is -2.16. The molecule has 0 aliphatic heterocycles. The van der Waals surface area contributed by atoms with Crippen LogP contribution < -0.4 is 10.6 Å². The SMILES string of the molecule is CCc1cccc(C)c1NC(=O)c1cc(Nc2ccccc2C#N)ccn1. The first kappa shape index (κ1) is 18.2. The van der Waals surface area contributed by atoms with Crippen molar-refractivity contribution in [3.8, 4) is 6.07 Å². The van der Waals surface area contributed by atoms with Gasteiger partial charge in [0.15, 0.2) is 0 Å². The molecule has 0 aliphatic rings. The molecule has 27 heavy (non-hydrogen) atoms. The summed E-state index contributed by atoms with van der Waals surface area (Å²) >= 11 is 0. The van der Waals surface area contributed by atoms with E-state index in [1.54, 1.807) is 24.4 Å². The molecule has 5 heteroatoms. The van der Waals surface area contributed by atoms with Crippen LogP contribution in [0.3, 0.4) is 0 Å². The van der Waals surface area contributed by atoms with Gasteiger partial charge in [-0.2, -0.15) is 5.26 Å². The van der Waals surface area contributed by atoms with Crippen molar-refractivity contribution in [2.24, 2.45) is 0 Å². The number of hydrogen-bond acceptors (Lipinski definition) is 4. The molecule has 0 fully saturated rings. The van der Waals surface area contributed by atoms with Crippen molar-refractivity contribution in [3.63, 3.8) is 0 Å². The summed E-state index contributed by atoms with van der Waals surface area (Å²) in [5, 5.41) is 15.4. The van der Waals surface area contributed by atoms with E-state index < -0.39 is 0 Å². The second kappa shape index (κ2) is 8.15. The summed E-state index contributed by atoms with van der Waals surface area (Å²) in [6.45, 7) is 4.03. The fourth-order valence-electron chi connectivity index (χ4n) is 2.86. The summed E-state index contributed by atoms with van der Waals surface area (Å²) in [4.78, 5) is 16.9. The van der Waals surface area contributed by atoms with Gasteiger partial charge in [0.25, 0.3) is 5.91 Å². The molecule has 1 amide bonds. The van der Waals surface area contributed by atoms with E-state index in [0.717, 1.165) is 23.2 Å². The standard InChI is InChI=1S/C22H20N4O/c1-3-16-9-6-7-15(2)21(16)26-22(27)20-13-18(11-12-24-20)25-19-10-5-4-8-17(19)14-23/h4-13H,3H2,1-2H3,(H,24,25)(H,26,27). The fourth-order valence-corrected chi connectivity index (χ4v) is 2.86. The van der Waals surface area contributed by atoms with Crippen LogP contribution in [0.4, 0.5) is 17.1 Å². The maximum Gasteiger partial charge on any atom is 0.274 e. The summed E-state index contributed by atoms with van der Waals surface area (Å²) in [6, 6.07) is 18.8. The van der Waals surface area contributed by atoms with Crippen LogP contribution in [0.1, 0.15) is 34.1 Å². The number of benzene rings is 2. The molecule has 5 nitrogen and oxygen atoms in total. The van der Waals surface area contributed by atoms with Crippen LogP contribution in [0.2, 0.25) is 0 Å². The van der Waals surface area contributed by atoms with Crippen LogP contribution in [0.5, 0.6) is 0 Å². The zero-order chi connectivity index (χ0) is 19.2. The number of amides is 1. The lowest BCUT2D eigenvalue weighted by Gasteiger charge is -2.13. The van der Waals surface area contributed by atoms with Gasteiger partial charge in [-0.05, 0) is 48.7 Å². The highest BCUT2D eigenvalue weighted by molar-refractivity contribution is 6.04. The van der Waals surface area contributed by atoms with Crippen molar-refractivity contribution >= 4 is 23.0 Å². The zero-order valence-corrected chi connectivity index (χ0v) is 15.3. The Morgan fingerprint density at radius 2 is 1.96 bits per heavy atom. The molecule has 0 saturated heterocycles. The third-order valence-corrected chi connectivity index (χ3v) is 4.30. The van der Waals surface area contributed by atoms with E-state index in [9.17, 15) is 10.1 Å². The van der Waals surface area contributed by atoms with Crippen molar-refractivity contribution in [2.45, 2.75) is 20.3 Å². The maximum absolute atomic E-state index is 12.7. The Bertz CT molecular complexity index is 1020. The van der Waals surface area contributed by atoms with Crippen LogP contribution in [-0.2, 0) is 6.42 Å². The van der Waals surface area contributed by atoms with Crippen LogP contribution in [0.25, 0.3) is 0 Å². The topological polar surface area (TPSA) is 77.8 Å². The molecule has 1 aromatic heterocycles. The lowest BCUT2D eigenvalue weighted by molar-refractivity contribution is 0.102. The number of nitrogens with one attached hydrogen (secondary N) is 2. The Balaban J connectivity index is 1.84. The quantitative estimate of drug-likeness (QED) is 0.687. The third kappa shape index (κ3) is 4.13. The van der Waals surface area contributed by atoms with Crippen LogP contribution >= 0.6 is 0 Å². The van der Waals surface area contributed by atoms with Gasteiger partial charge in [-0.3, -0.25) is 9.78 Å². The molecule has 1 heterocycles. The van der Waals surface area contributed by atoms with E-state index in [1.165, 1.54) is 0 Å². The van der Waals surface area contributed by atoms with Gasteiger partial charge in [0.1, 0.15) is 11.8 Å². The van der Waals surface area contributed by atoms with Crippen molar-refractivity contribution < 1.29 is 4.79 Å². The number of pyridine rings is 1. The number of aromatic nitrogens is 1. The van der Waals surface area contributed by atoms with Gasteiger partial charge in [0.2, 0.25) is 0 Å². The van der Waals surface area contributed by atoms with E-state index in [-0.39, 0.29) is 5.91 Å². The molecule has 2 N–H and O–H groups in total. The first-order chi connectivity index (χ1) is 13.1. The number of rotatable bonds is 5. The number of hydrogen-bond donors (Lipinski definition) is 2. The summed E-state index contributed by atoms with van der Waals surface area (Å²) in [5.41, 5.74) is 5.15. The largest absolute Gasteiger partial charge is 0.354 e. The summed E-state index contributed by atoms with van der Waals surface area (Å²) < 4.78 is 0. The number of carbonyl (C=O) groups is 1. The Morgan fingerprint density at radius 3 is 2.74 bits per heavy atom. The molecule has 2 aromatic carbocycles. The highest BCUT2D eigenvalue weighted by Gasteiger charge is 2.13. The van der Waals surface area contributed by atoms with Crippen molar-refractivity contribution in [2.75, 3.05) is 10.6 Å². The number of carbonyl (C=O) groups excluding carboxylic acids is 1. The number of aryl methyl sites for hydroxylation is 2. The monoisotopic (exact) mass is 356 g/mol. The molecular formula is C22H20N4O. The van der Waals surface area contributed by atoms with Crippen LogP contribution in [-0.4, -0.2) is 10.9 Å². The molecule has 0 atom stereocenters. The first-order valence-electron chi connectivity index (χ1n) is 8.74. The minimum Gasteiger partial charge on any atom is -0.354 e. The molecule has 134 valence electrons. The molecule has 0 unspecified atom stereocenters. The van der Waals surface area contributed by atoms with Gasteiger partial charge >= 0.3 is 0 Å². The van der Waals surface area contributed by atoms with E-state index in [4.69, 9.17) is 0 Å². The number of anilines is 3. The zero-order valence-electron chi connectivity index (χ0n) is 15.3. The number of para-hydroxylation sites is 2. The molecule has 0 saturated carbocycles. The molecule has 0 radical (unpaired) electrons. The van der Waals surface area contributed by atoms with Gasteiger partial charge in [-0.1, -0.05) is 37.3 Å². The van der Waals surface area contributed by atoms with Crippen molar-refractivity contribution in [1.82, 2.24) is 4.98 Å². The molecule has 0 spiro atoms. The summed E-state index contributed by atoms with van der Waals surface area (Å²) in [5.74, 6) is -0.267. The molecule has 0 bridgehead atoms. The average Bonchev–Trinajstić information content (AvgIpc) is 2.70. The van der Waals surface area contributed by atoms with Crippen molar-refractivity contribution in [1.29, 1.82) is 5.26 Å². The number of nitriles is 1. The van der Waals surface area contributed by atoms with Crippen molar-refractivity contribution in [3.05, 3.63) is 83.2 Å². The van der Waals surface area contributed by atoms with Gasteiger partial charge in [0, 0.05) is 17.6 Å². The summed E-state index contributed by atoms with van der Waals surface area (Å²) in [7, 11) is 0. The van der Waals surface area contributed by atoms with E-state index in [0.29, 0.717) is 22.6 Å². The second-order valence-electron chi connectivity index (χ2n) is 6.13. The summed E-state index contributed by atoms with van der Waals surface area (Å²) in [6.07, 6.45) is 2.40. The second-order valence-corrected chi connectivity index (χ2v) is 6.13. The van der Waals surface area contributed by atoms with Gasteiger partial charge in [-0.25, -0.2) is 0 Å². The maximum atomic E-state index is 12.7. The Hall–Kier alpha value is -3.65. The fraction of sp³-hybridized carbons (Fsp3) is 0.136. The Morgan fingerprint density at radius 1 is 1.15 bits per heavy atom. The predicted molar refractivity (Wildman–Crippen MR) is 107 cm³/mol. The molecule has 3 rings (SSSR count). The van der Waals surface area contributed by atoms with Gasteiger partial charge in [0.05, 0.1) is 11.3 Å². The van der Waals surface area contributed by atoms with Crippen LogP contribution in [0.15, 0.2) is 60.8 Å². The van der Waals surface area contributed by atoms with E-state index in [1.807, 2.05) is 43.3 Å². The van der Waals surface area contributed by atoms with Gasteiger partial charge < -0.3 is 10.6 Å². The Labute approximate surface area is 158 Å². The third-order valence-electron chi connectivity index (χ3n) is 4.30. The first-order valence-corrected chi connectivity index (χ1v) is 8.74. The van der Waals surface area contributed by atoms with E-state index in [2.05, 4.69) is 28.6 Å². The highest BCUT2D eigenvalue weighted by atomic mass is 16.1. The van der Waals surface area contributed by atoms with E-state index >= 15 is 0 Å². The average molecular weight is 356 g/mol. The predicted octanol–water partition coefficient (Wildman–Crippen LogP) is 4.82. The Kier molecular flexibility index (Phi) is 5.48. The molecule has 3 aromatic rings. The lowest BCUT2D eigenvalue weighted by atomic mass is 10.1. The highest BCUT2D eigenvalue weighted by Crippen LogP contribution is 2.23. The normalized spacial score (nSPS) is 10.1. The minimum atomic E-state index is -0.267. The minimum absolute atomic E-state index is 0.267.